The summed E-state index contributed by atoms with van der Waals surface area (Å²) in [5.74, 6) is 2.27. The van der Waals surface area contributed by atoms with Crippen molar-refractivity contribution in [2.75, 3.05) is 11.1 Å². The van der Waals surface area contributed by atoms with Gasteiger partial charge in [0.15, 0.2) is 0 Å². The van der Waals surface area contributed by atoms with Gasteiger partial charge in [0.05, 0.1) is 0 Å². The second-order valence-corrected chi connectivity index (χ2v) is 7.04. The molecule has 0 radical (unpaired) electrons. The molecule has 1 fully saturated rings. The highest BCUT2D eigenvalue weighted by Crippen LogP contribution is 2.31. The van der Waals surface area contributed by atoms with Gasteiger partial charge in [0, 0.05) is 22.0 Å². The molecule has 0 amide bonds. The highest BCUT2D eigenvalue weighted by atomic mass is 79.9. The average molecular weight is 315 g/mol. The Morgan fingerprint density at radius 1 is 1.53 bits per heavy atom. The molecule has 1 aliphatic rings. The maximum absolute atomic E-state index is 4.45. The van der Waals surface area contributed by atoms with Crippen molar-refractivity contribution in [1.29, 1.82) is 0 Å². The molecule has 1 aromatic heterocycles. The molecular formula is C13H19BrN2S. The minimum Gasteiger partial charge on any atom is -0.367 e. The first-order valence-electron chi connectivity index (χ1n) is 6.19. The van der Waals surface area contributed by atoms with Crippen LogP contribution >= 0.6 is 27.7 Å². The molecule has 1 N–H and O–H groups in total. The van der Waals surface area contributed by atoms with Gasteiger partial charge in [0.2, 0.25) is 0 Å². The van der Waals surface area contributed by atoms with Gasteiger partial charge in [-0.25, -0.2) is 4.98 Å². The molecule has 0 aromatic carbocycles. The van der Waals surface area contributed by atoms with E-state index in [9.17, 15) is 0 Å². The minimum atomic E-state index is 0.603. The van der Waals surface area contributed by atoms with Crippen LogP contribution in [0.1, 0.15) is 31.7 Å². The monoisotopic (exact) mass is 314 g/mol. The van der Waals surface area contributed by atoms with E-state index in [0.29, 0.717) is 6.04 Å². The van der Waals surface area contributed by atoms with Crippen LogP contribution in [0.2, 0.25) is 0 Å². The molecule has 0 bridgehead atoms. The summed E-state index contributed by atoms with van der Waals surface area (Å²) in [6.45, 7) is 4.35. The highest BCUT2D eigenvalue weighted by Gasteiger charge is 2.24. The van der Waals surface area contributed by atoms with Crippen molar-refractivity contribution in [2.45, 2.75) is 44.4 Å². The van der Waals surface area contributed by atoms with Crippen LogP contribution in [0.4, 0.5) is 5.82 Å². The molecule has 2 atom stereocenters. The standard InChI is InChI=1S/C13H19BrN2S/c1-3-17-12-5-4-11(7-12)16-13-9(2)6-10(14)8-15-13/h6,8,11-12H,3-5,7H2,1-2H3,(H,15,16). The third kappa shape index (κ3) is 3.62. The highest BCUT2D eigenvalue weighted by molar-refractivity contribution is 9.10. The third-order valence-electron chi connectivity index (χ3n) is 3.17. The topological polar surface area (TPSA) is 24.9 Å². The van der Waals surface area contributed by atoms with E-state index in [2.05, 4.69) is 57.9 Å². The third-order valence-corrected chi connectivity index (χ3v) is 4.84. The Kier molecular flexibility index (Phi) is 4.74. The molecule has 0 saturated heterocycles. The largest absolute Gasteiger partial charge is 0.367 e. The summed E-state index contributed by atoms with van der Waals surface area (Å²) in [4.78, 5) is 4.45. The summed E-state index contributed by atoms with van der Waals surface area (Å²) >= 11 is 5.54. The van der Waals surface area contributed by atoms with Crippen LogP contribution in [0.25, 0.3) is 0 Å². The second kappa shape index (κ2) is 6.10. The van der Waals surface area contributed by atoms with Gasteiger partial charge >= 0.3 is 0 Å². The Balaban J connectivity index is 1.93. The van der Waals surface area contributed by atoms with E-state index < -0.39 is 0 Å². The zero-order valence-corrected chi connectivity index (χ0v) is 12.8. The predicted octanol–water partition coefficient (Wildman–Crippen LogP) is 4.24. The minimum absolute atomic E-state index is 0.603. The first kappa shape index (κ1) is 13.2. The summed E-state index contributed by atoms with van der Waals surface area (Å²) in [5.41, 5.74) is 1.21. The maximum Gasteiger partial charge on any atom is 0.129 e. The van der Waals surface area contributed by atoms with Crippen LogP contribution in [-0.2, 0) is 0 Å². The van der Waals surface area contributed by atoms with E-state index in [1.165, 1.54) is 30.6 Å². The fourth-order valence-corrected chi connectivity index (χ4v) is 3.93. The smallest absolute Gasteiger partial charge is 0.129 e. The molecule has 4 heteroatoms. The summed E-state index contributed by atoms with van der Waals surface area (Å²) in [7, 11) is 0. The number of thioether (sulfide) groups is 1. The van der Waals surface area contributed by atoms with E-state index in [4.69, 9.17) is 0 Å². The normalized spacial score (nSPS) is 23.9. The number of nitrogens with zero attached hydrogens (tertiary/aromatic N) is 1. The van der Waals surface area contributed by atoms with Crippen molar-refractivity contribution in [3.05, 3.63) is 22.3 Å². The van der Waals surface area contributed by atoms with Gasteiger partial charge in [-0.2, -0.15) is 11.8 Å². The lowest BCUT2D eigenvalue weighted by atomic mass is 10.2. The molecule has 17 heavy (non-hydrogen) atoms. The molecule has 1 aliphatic carbocycles. The van der Waals surface area contributed by atoms with Crippen molar-refractivity contribution in [3.63, 3.8) is 0 Å². The van der Waals surface area contributed by atoms with Crippen LogP contribution in [0.3, 0.4) is 0 Å². The summed E-state index contributed by atoms with van der Waals surface area (Å²) in [6, 6.07) is 2.72. The summed E-state index contributed by atoms with van der Waals surface area (Å²) in [6.07, 6.45) is 5.75. The van der Waals surface area contributed by atoms with Gasteiger partial charge in [0.25, 0.3) is 0 Å². The fraction of sp³-hybridized carbons (Fsp3) is 0.615. The van der Waals surface area contributed by atoms with Crippen molar-refractivity contribution < 1.29 is 0 Å². The number of nitrogens with one attached hydrogen (secondary N) is 1. The van der Waals surface area contributed by atoms with Crippen LogP contribution in [0, 0.1) is 6.92 Å². The van der Waals surface area contributed by atoms with Gasteiger partial charge in [-0.1, -0.05) is 6.92 Å². The Morgan fingerprint density at radius 3 is 3.06 bits per heavy atom. The molecule has 2 unspecified atom stereocenters. The predicted molar refractivity (Wildman–Crippen MR) is 79.9 cm³/mol. The van der Waals surface area contributed by atoms with Gasteiger partial charge in [-0.3, -0.25) is 0 Å². The van der Waals surface area contributed by atoms with Crippen LogP contribution < -0.4 is 5.32 Å². The van der Waals surface area contributed by atoms with E-state index in [0.717, 1.165) is 15.5 Å². The van der Waals surface area contributed by atoms with E-state index in [-0.39, 0.29) is 0 Å². The number of halogens is 1. The molecule has 2 rings (SSSR count). The van der Waals surface area contributed by atoms with Crippen LogP contribution in [-0.4, -0.2) is 22.0 Å². The van der Waals surface area contributed by atoms with Crippen molar-refractivity contribution in [3.8, 4) is 0 Å². The molecular weight excluding hydrogens is 296 g/mol. The second-order valence-electron chi connectivity index (χ2n) is 4.55. The quantitative estimate of drug-likeness (QED) is 0.899. The van der Waals surface area contributed by atoms with Crippen molar-refractivity contribution in [2.24, 2.45) is 0 Å². The number of aryl methyl sites for hydroxylation is 1. The number of hydrogen-bond acceptors (Lipinski definition) is 3. The van der Waals surface area contributed by atoms with Crippen LogP contribution in [0.15, 0.2) is 16.7 Å². The number of pyridine rings is 1. The average Bonchev–Trinajstić information content (AvgIpc) is 2.71. The Labute approximate surface area is 116 Å². The molecule has 0 spiro atoms. The zero-order valence-electron chi connectivity index (χ0n) is 10.4. The fourth-order valence-electron chi connectivity index (χ4n) is 2.34. The van der Waals surface area contributed by atoms with Gasteiger partial charge in [0.1, 0.15) is 5.82 Å². The molecule has 94 valence electrons. The van der Waals surface area contributed by atoms with E-state index >= 15 is 0 Å². The Hall–Kier alpha value is -0.220. The molecule has 2 nitrogen and oxygen atoms in total. The van der Waals surface area contributed by atoms with Crippen molar-refractivity contribution >= 4 is 33.5 Å². The number of anilines is 1. The lowest BCUT2D eigenvalue weighted by Crippen LogP contribution is -2.17. The zero-order chi connectivity index (χ0) is 12.3. The van der Waals surface area contributed by atoms with E-state index in [1.807, 2.05) is 6.20 Å². The van der Waals surface area contributed by atoms with Gasteiger partial charge < -0.3 is 5.32 Å². The summed E-state index contributed by atoms with van der Waals surface area (Å²) in [5, 5.41) is 4.42. The molecule has 1 aromatic rings. The van der Waals surface area contributed by atoms with E-state index in [1.54, 1.807) is 0 Å². The molecule has 0 aliphatic heterocycles. The summed E-state index contributed by atoms with van der Waals surface area (Å²) < 4.78 is 1.05. The number of rotatable bonds is 4. The van der Waals surface area contributed by atoms with Gasteiger partial charge in [-0.05, 0) is 59.5 Å². The van der Waals surface area contributed by atoms with Gasteiger partial charge in [-0.15, -0.1) is 0 Å². The van der Waals surface area contributed by atoms with Crippen LogP contribution in [0.5, 0.6) is 0 Å². The molecule has 1 saturated carbocycles. The first-order chi connectivity index (χ1) is 8.19. The SMILES string of the molecule is CCSC1CCC(Nc2ncc(Br)cc2C)C1. The maximum atomic E-state index is 4.45. The Morgan fingerprint density at radius 2 is 2.35 bits per heavy atom. The molecule has 1 heterocycles. The van der Waals surface area contributed by atoms with Crippen molar-refractivity contribution in [1.82, 2.24) is 4.98 Å². The number of aromatic nitrogens is 1. The lowest BCUT2D eigenvalue weighted by molar-refractivity contribution is 0.750. The Bertz CT molecular complexity index is 384. The first-order valence-corrected chi connectivity index (χ1v) is 8.03. The lowest BCUT2D eigenvalue weighted by Gasteiger charge is -2.15. The number of hydrogen-bond donors (Lipinski definition) is 1.